The Balaban J connectivity index is 2.96. The summed E-state index contributed by atoms with van der Waals surface area (Å²) >= 11 is 0. The van der Waals surface area contributed by atoms with Crippen molar-refractivity contribution in [1.29, 1.82) is 0 Å². The first-order chi connectivity index (χ1) is 8.77. The van der Waals surface area contributed by atoms with Crippen molar-refractivity contribution >= 4 is 11.5 Å². The van der Waals surface area contributed by atoms with E-state index in [0.29, 0.717) is 0 Å². The topological polar surface area (TPSA) is 35.5 Å². The molecule has 0 N–H and O–H groups in total. The molecule has 0 bridgehead atoms. The molecule has 0 radical (unpaired) electrons. The molecule has 0 aliphatic carbocycles. The van der Waals surface area contributed by atoms with Crippen molar-refractivity contribution < 1.29 is 14.3 Å². The van der Waals surface area contributed by atoms with Crippen LogP contribution in [0.2, 0.25) is 0 Å². The molecule has 0 unspecified atom stereocenters. The van der Waals surface area contributed by atoms with Crippen molar-refractivity contribution in [2.45, 2.75) is 0 Å². The van der Waals surface area contributed by atoms with E-state index >= 15 is 0 Å². The van der Waals surface area contributed by atoms with Crippen molar-refractivity contribution in [3.05, 3.63) is 54.1 Å². The molecule has 0 heterocycles. The highest BCUT2D eigenvalue weighted by molar-refractivity contribution is 5.84. The van der Waals surface area contributed by atoms with E-state index in [0.717, 1.165) is 11.1 Å². The lowest BCUT2D eigenvalue weighted by atomic mass is 10.1. The number of hydrogen-bond acceptors (Lipinski definition) is 3. The highest BCUT2D eigenvalue weighted by Crippen LogP contribution is 2.12. The Morgan fingerprint density at radius 1 is 1.22 bits per heavy atom. The quantitative estimate of drug-likeness (QED) is 0.353. The number of methoxy groups -OCH3 is 2. The number of rotatable bonds is 3. The molecule has 0 saturated heterocycles. The maximum Gasteiger partial charge on any atom is 0.330 e. The van der Waals surface area contributed by atoms with Crippen LogP contribution in [0, 0.1) is 12.0 Å². The molecule has 0 spiro atoms. The molecule has 0 aliphatic heterocycles. The summed E-state index contributed by atoms with van der Waals surface area (Å²) in [6.07, 6.45) is 7.19. The van der Waals surface area contributed by atoms with Gasteiger partial charge >= 0.3 is 5.97 Å². The fourth-order valence-electron chi connectivity index (χ4n) is 1.22. The van der Waals surface area contributed by atoms with Crippen LogP contribution in [0.5, 0.6) is 0 Å². The summed E-state index contributed by atoms with van der Waals surface area (Å²) in [5.74, 6) is 2.46. The standard InChI is InChI=1S/C15H14O3/c1-17-12-11-14(9-6-10-15(16)18-2)13-7-4-3-5-8-13/h3-10H,1-2H3/b10-6+,14-9-. The Morgan fingerprint density at radius 3 is 2.56 bits per heavy atom. The van der Waals surface area contributed by atoms with Crippen LogP contribution in [-0.2, 0) is 14.3 Å². The summed E-state index contributed by atoms with van der Waals surface area (Å²) in [6.45, 7) is 0. The van der Waals surface area contributed by atoms with Gasteiger partial charge in [0.1, 0.15) is 6.11 Å². The highest BCUT2D eigenvalue weighted by atomic mass is 16.5. The van der Waals surface area contributed by atoms with E-state index in [2.05, 4.69) is 16.8 Å². The number of carbonyl (C=O) groups is 1. The molecule has 1 rings (SSSR count). The molecule has 0 amide bonds. The van der Waals surface area contributed by atoms with Gasteiger partial charge in [-0.1, -0.05) is 36.4 Å². The monoisotopic (exact) mass is 242 g/mol. The van der Waals surface area contributed by atoms with Gasteiger partial charge in [-0.2, -0.15) is 0 Å². The lowest BCUT2D eigenvalue weighted by Crippen LogP contribution is -1.92. The molecule has 0 aromatic heterocycles. The maximum absolute atomic E-state index is 10.9. The van der Waals surface area contributed by atoms with Gasteiger partial charge in [0.15, 0.2) is 0 Å². The summed E-state index contributed by atoms with van der Waals surface area (Å²) in [5, 5.41) is 0. The first kappa shape index (κ1) is 13.6. The largest absolute Gasteiger partial charge is 0.466 e. The van der Waals surface area contributed by atoms with Gasteiger partial charge in [0, 0.05) is 11.6 Å². The highest BCUT2D eigenvalue weighted by Gasteiger charge is 1.96. The van der Waals surface area contributed by atoms with Crippen LogP contribution in [0.15, 0.2) is 48.6 Å². The van der Waals surface area contributed by atoms with Crippen LogP contribution in [0.4, 0.5) is 0 Å². The summed E-state index contributed by atoms with van der Waals surface area (Å²) in [7, 11) is 2.83. The smallest absolute Gasteiger partial charge is 0.330 e. The Kier molecular flexibility index (Phi) is 5.85. The first-order valence-corrected chi connectivity index (χ1v) is 5.33. The van der Waals surface area contributed by atoms with E-state index in [4.69, 9.17) is 4.74 Å². The van der Waals surface area contributed by atoms with Gasteiger partial charge in [-0.25, -0.2) is 4.79 Å². The van der Waals surface area contributed by atoms with Crippen LogP contribution in [-0.4, -0.2) is 20.2 Å². The van der Waals surface area contributed by atoms with Crippen molar-refractivity contribution in [1.82, 2.24) is 0 Å². The SMILES string of the molecule is COC#C/C(=C/C=C/C(=O)OC)c1ccccc1. The van der Waals surface area contributed by atoms with E-state index in [1.807, 2.05) is 30.3 Å². The van der Waals surface area contributed by atoms with E-state index in [1.54, 1.807) is 12.2 Å². The van der Waals surface area contributed by atoms with Crippen molar-refractivity contribution in [2.24, 2.45) is 0 Å². The number of ether oxygens (including phenoxy) is 2. The second kappa shape index (κ2) is 7.75. The maximum atomic E-state index is 10.9. The van der Waals surface area contributed by atoms with Crippen LogP contribution >= 0.6 is 0 Å². The summed E-state index contributed by atoms with van der Waals surface area (Å²) in [6, 6.07) is 9.63. The molecule has 3 nitrogen and oxygen atoms in total. The van der Waals surface area contributed by atoms with Crippen LogP contribution < -0.4 is 0 Å². The van der Waals surface area contributed by atoms with Gasteiger partial charge in [-0.05, 0) is 17.6 Å². The molecule has 3 heteroatoms. The first-order valence-electron chi connectivity index (χ1n) is 5.33. The summed E-state index contributed by atoms with van der Waals surface area (Å²) < 4.78 is 9.23. The fraction of sp³-hybridized carbons (Fsp3) is 0.133. The average Bonchev–Trinajstić information content (AvgIpc) is 2.43. The number of benzene rings is 1. The van der Waals surface area contributed by atoms with E-state index < -0.39 is 5.97 Å². The lowest BCUT2D eigenvalue weighted by molar-refractivity contribution is -0.134. The molecule has 1 aromatic rings. The Morgan fingerprint density at radius 2 is 1.94 bits per heavy atom. The second-order valence-electron chi connectivity index (χ2n) is 3.26. The Hall–Kier alpha value is -2.47. The molecular weight excluding hydrogens is 228 g/mol. The van der Waals surface area contributed by atoms with Gasteiger partial charge in [-0.3, -0.25) is 0 Å². The minimum Gasteiger partial charge on any atom is -0.466 e. The number of esters is 1. The Bertz CT molecular complexity index is 502. The number of hydrogen-bond donors (Lipinski definition) is 0. The van der Waals surface area contributed by atoms with Crippen molar-refractivity contribution in [3.63, 3.8) is 0 Å². The predicted octanol–water partition coefficient (Wildman–Crippen LogP) is 2.41. The summed E-state index contributed by atoms with van der Waals surface area (Å²) in [5.41, 5.74) is 1.72. The lowest BCUT2D eigenvalue weighted by Gasteiger charge is -1.97. The van der Waals surface area contributed by atoms with Crippen molar-refractivity contribution in [3.8, 4) is 12.0 Å². The molecule has 0 aliphatic rings. The molecule has 1 aromatic carbocycles. The van der Waals surface area contributed by atoms with Gasteiger partial charge in [-0.15, -0.1) is 0 Å². The number of carbonyl (C=O) groups excluding carboxylic acids is 1. The zero-order valence-corrected chi connectivity index (χ0v) is 10.3. The molecular formula is C15H14O3. The minimum absolute atomic E-state index is 0.404. The molecule has 0 atom stereocenters. The zero-order valence-electron chi connectivity index (χ0n) is 10.3. The number of allylic oxidation sites excluding steroid dienone is 3. The van der Waals surface area contributed by atoms with Gasteiger partial charge in [0.2, 0.25) is 0 Å². The third kappa shape index (κ3) is 4.58. The zero-order chi connectivity index (χ0) is 13.2. The third-order valence-electron chi connectivity index (χ3n) is 2.07. The van der Waals surface area contributed by atoms with Crippen LogP contribution in [0.3, 0.4) is 0 Å². The van der Waals surface area contributed by atoms with E-state index in [9.17, 15) is 4.79 Å². The van der Waals surface area contributed by atoms with Crippen LogP contribution in [0.25, 0.3) is 5.57 Å². The van der Waals surface area contributed by atoms with E-state index in [-0.39, 0.29) is 0 Å². The molecule has 92 valence electrons. The minimum atomic E-state index is -0.404. The predicted molar refractivity (Wildman–Crippen MR) is 70.4 cm³/mol. The van der Waals surface area contributed by atoms with Gasteiger partial charge < -0.3 is 9.47 Å². The van der Waals surface area contributed by atoms with Gasteiger partial charge in [0.05, 0.1) is 14.2 Å². The molecule has 0 saturated carbocycles. The third-order valence-corrected chi connectivity index (χ3v) is 2.07. The molecule has 0 fully saturated rings. The fourth-order valence-corrected chi connectivity index (χ4v) is 1.22. The van der Waals surface area contributed by atoms with E-state index in [1.165, 1.54) is 20.3 Å². The normalized spacial score (nSPS) is 10.7. The Labute approximate surface area is 107 Å². The molecule has 18 heavy (non-hydrogen) atoms. The van der Waals surface area contributed by atoms with Crippen molar-refractivity contribution in [2.75, 3.05) is 14.2 Å². The van der Waals surface area contributed by atoms with Crippen LogP contribution in [0.1, 0.15) is 5.56 Å². The average molecular weight is 242 g/mol. The second-order valence-corrected chi connectivity index (χ2v) is 3.26. The van der Waals surface area contributed by atoms with Gasteiger partial charge in [0.25, 0.3) is 0 Å². The summed E-state index contributed by atoms with van der Waals surface area (Å²) in [4.78, 5) is 10.9.